The molecule has 1 atom stereocenters. The second-order valence-corrected chi connectivity index (χ2v) is 9.46. The minimum atomic E-state index is -0.696. The minimum absolute atomic E-state index is 0.0967. The van der Waals surface area contributed by atoms with Gasteiger partial charge in [0.15, 0.2) is 0 Å². The molecule has 5 aromatic rings. The number of hydrogen-bond donors (Lipinski definition) is 2. The van der Waals surface area contributed by atoms with Crippen molar-refractivity contribution in [1.82, 2.24) is 19.3 Å². The van der Waals surface area contributed by atoms with Gasteiger partial charge in [-0.25, -0.2) is 9.37 Å². The summed E-state index contributed by atoms with van der Waals surface area (Å²) in [5.41, 5.74) is 9.85. The SMILES string of the molecule is CC(C)c1c(-c2cccc3nn(CC(O)c4ccccc4)cc23)nc(-c2ccc(C(N)=O)cc2F)n1C. The van der Waals surface area contributed by atoms with E-state index < -0.39 is 17.8 Å². The maximum absolute atomic E-state index is 15.0. The van der Waals surface area contributed by atoms with Gasteiger partial charge in [-0.05, 0) is 35.7 Å². The van der Waals surface area contributed by atoms with Crippen LogP contribution >= 0.6 is 0 Å². The molecular weight excluding hydrogens is 469 g/mol. The zero-order valence-electron chi connectivity index (χ0n) is 20.9. The maximum atomic E-state index is 15.0. The van der Waals surface area contributed by atoms with Crippen LogP contribution in [0, 0.1) is 5.82 Å². The van der Waals surface area contributed by atoms with Crippen LogP contribution in [0.1, 0.15) is 47.5 Å². The molecule has 3 aromatic carbocycles. The average Bonchev–Trinajstić information content (AvgIpc) is 3.44. The Balaban J connectivity index is 1.60. The first kappa shape index (κ1) is 24.4. The molecule has 188 valence electrons. The molecule has 0 spiro atoms. The fourth-order valence-corrected chi connectivity index (χ4v) is 4.81. The van der Waals surface area contributed by atoms with Gasteiger partial charge in [0.05, 0.1) is 29.4 Å². The number of amides is 1. The van der Waals surface area contributed by atoms with Gasteiger partial charge < -0.3 is 15.4 Å². The quantitative estimate of drug-likeness (QED) is 0.323. The van der Waals surface area contributed by atoms with Crippen LogP contribution in [0.25, 0.3) is 33.5 Å². The lowest BCUT2D eigenvalue weighted by molar-refractivity contribution is 0.1000. The Morgan fingerprint density at radius 2 is 1.81 bits per heavy atom. The molecule has 5 rings (SSSR count). The smallest absolute Gasteiger partial charge is 0.248 e. The van der Waals surface area contributed by atoms with E-state index in [1.54, 1.807) is 4.68 Å². The maximum Gasteiger partial charge on any atom is 0.248 e. The lowest BCUT2D eigenvalue weighted by atomic mass is 10.0. The summed E-state index contributed by atoms with van der Waals surface area (Å²) in [6.07, 6.45) is 1.22. The van der Waals surface area contributed by atoms with Crippen LogP contribution in [0.5, 0.6) is 0 Å². The number of nitrogens with two attached hydrogens (primary N) is 1. The molecule has 0 aliphatic heterocycles. The van der Waals surface area contributed by atoms with Crippen LogP contribution in [-0.2, 0) is 13.6 Å². The number of aliphatic hydroxyl groups is 1. The van der Waals surface area contributed by atoms with E-state index in [0.717, 1.165) is 39.5 Å². The normalized spacial score (nSPS) is 12.4. The van der Waals surface area contributed by atoms with Crippen LogP contribution in [-0.4, -0.2) is 30.3 Å². The summed E-state index contributed by atoms with van der Waals surface area (Å²) in [6.45, 7) is 4.44. The standard InChI is InChI=1S/C29H28FN5O2/c1-17(2)27-26(32-29(34(27)3)21-13-12-19(28(31)37)14-23(21)30)20-10-7-11-24-22(20)15-35(33-24)16-25(36)18-8-5-4-6-9-18/h4-15,17,25,36H,16H2,1-3H3,(H2,31,37). The monoisotopic (exact) mass is 497 g/mol. The van der Waals surface area contributed by atoms with Gasteiger partial charge in [0.25, 0.3) is 0 Å². The highest BCUT2D eigenvalue weighted by Gasteiger charge is 2.24. The van der Waals surface area contributed by atoms with Crippen molar-refractivity contribution >= 4 is 16.8 Å². The van der Waals surface area contributed by atoms with Crippen molar-refractivity contribution in [1.29, 1.82) is 0 Å². The van der Waals surface area contributed by atoms with E-state index in [0.29, 0.717) is 12.4 Å². The lowest BCUT2D eigenvalue weighted by Crippen LogP contribution is -2.11. The van der Waals surface area contributed by atoms with Gasteiger partial charge >= 0.3 is 0 Å². The number of imidazole rings is 1. The van der Waals surface area contributed by atoms with Gasteiger partial charge in [-0.3, -0.25) is 9.48 Å². The van der Waals surface area contributed by atoms with E-state index in [9.17, 15) is 9.90 Å². The van der Waals surface area contributed by atoms with E-state index in [1.807, 2.05) is 66.3 Å². The number of primary amides is 1. The van der Waals surface area contributed by atoms with E-state index in [1.165, 1.54) is 12.1 Å². The topological polar surface area (TPSA) is 99.0 Å². The molecule has 0 saturated carbocycles. The summed E-state index contributed by atoms with van der Waals surface area (Å²) >= 11 is 0. The Morgan fingerprint density at radius 1 is 1.05 bits per heavy atom. The number of halogens is 1. The van der Waals surface area contributed by atoms with Gasteiger partial charge in [0, 0.05) is 35.5 Å². The van der Waals surface area contributed by atoms with Crippen molar-refractivity contribution in [3.05, 3.63) is 95.6 Å². The first-order valence-electron chi connectivity index (χ1n) is 12.1. The highest BCUT2D eigenvalue weighted by molar-refractivity contribution is 5.95. The molecule has 8 heteroatoms. The number of aromatic nitrogens is 4. The third-order valence-electron chi connectivity index (χ3n) is 6.58. The Hall–Kier alpha value is -4.30. The highest BCUT2D eigenvalue weighted by Crippen LogP contribution is 2.37. The van der Waals surface area contributed by atoms with Gasteiger partial charge in [-0.2, -0.15) is 5.10 Å². The van der Waals surface area contributed by atoms with Crippen LogP contribution in [0.15, 0.2) is 72.9 Å². The number of nitrogens with zero attached hydrogens (tertiary/aromatic N) is 4. The number of benzene rings is 3. The summed E-state index contributed by atoms with van der Waals surface area (Å²) in [7, 11) is 1.86. The molecule has 37 heavy (non-hydrogen) atoms. The number of rotatable bonds is 7. The Morgan fingerprint density at radius 3 is 2.49 bits per heavy atom. The second-order valence-electron chi connectivity index (χ2n) is 9.46. The molecule has 0 aliphatic rings. The molecule has 0 radical (unpaired) electrons. The first-order chi connectivity index (χ1) is 17.7. The van der Waals surface area contributed by atoms with E-state index in [2.05, 4.69) is 18.9 Å². The van der Waals surface area contributed by atoms with E-state index >= 15 is 4.39 Å². The highest BCUT2D eigenvalue weighted by atomic mass is 19.1. The molecule has 1 amide bonds. The van der Waals surface area contributed by atoms with E-state index in [-0.39, 0.29) is 17.0 Å². The molecule has 0 aliphatic carbocycles. The van der Waals surface area contributed by atoms with Crippen LogP contribution < -0.4 is 5.73 Å². The van der Waals surface area contributed by atoms with Crippen molar-refractivity contribution in [2.24, 2.45) is 12.8 Å². The average molecular weight is 498 g/mol. The van der Waals surface area contributed by atoms with Crippen molar-refractivity contribution in [2.75, 3.05) is 0 Å². The van der Waals surface area contributed by atoms with Gasteiger partial charge in [-0.15, -0.1) is 0 Å². The van der Waals surface area contributed by atoms with Gasteiger partial charge in [0.2, 0.25) is 5.91 Å². The first-order valence-corrected chi connectivity index (χ1v) is 12.1. The Kier molecular flexibility index (Phi) is 6.35. The number of hydrogen-bond acceptors (Lipinski definition) is 4. The van der Waals surface area contributed by atoms with Gasteiger partial charge in [-0.1, -0.05) is 56.3 Å². The predicted octanol–water partition coefficient (Wildman–Crippen LogP) is 5.20. The van der Waals surface area contributed by atoms with Crippen molar-refractivity contribution in [3.8, 4) is 22.6 Å². The van der Waals surface area contributed by atoms with Crippen molar-refractivity contribution in [3.63, 3.8) is 0 Å². The number of fused-ring (bicyclic) bond motifs is 1. The molecule has 1 unspecified atom stereocenters. The number of carbonyl (C=O) groups excluding carboxylic acids is 1. The molecule has 0 bridgehead atoms. The second kappa shape index (κ2) is 9.63. The third kappa shape index (κ3) is 4.51. The predicted molar refractivity (Wildman–Crippen MR) is 141 cm³/mol. The summed E-state index contributed by atoms with van der Waals surface area (Å²) in [5.74, 6) is -0.697. The summed E-state index contributed by atoms with van der Waals surface area (Å²) in [4.78, 5) is 16.4. The Bertz CT molecular complexity index is 1600. The fourth-order valence-electron chi connectivity index (χ4n) is 4.81. The lowest BCUT2D eigenvalue weighted by Gasteiger charge is -2.12. The minimum Gasteiger partial charge on any atom is -0.386 e. The zero-order chi connectivity index (χ0) is 26.3. The summed E-state index contributed by atoms with van der Waals surface area (Å²) < 4.78 is 18.7. The fraction of sp³-hybridized carbons (Fsp3) is 0.207. The molecule has 2 aromatic heterocycles. The van der Waals surface area contributed by atoms with Crippen LogP contribution in [0.2, 0.25) is 0 Å². The molecule has 7 nitrogen and oxygen atoms in total. The summed E-state index contributed by atoms with van der Waals surface area (Å²) in [5, 5.41) is 16.3. The molecule has 3 N–H and O–H groups in total. The molecular formula is C29H28FN5O2. The van der Waals surface area contributed by atoms with Crippen molar-refractivity contribution in [2.45, 2.75) is 32.4 Å². The zero-order valence-corrected chi connectivity index (χ0v) is 20.9. The number of aliphatic hydroxyl groups excluding tert-OH is 1. The van der Waals surface area contributed by atoms with Crippen LogP contribution in [0.4, 0.5) is 4.39 Å². The molecule has 0 fully saturated rings. The number of carbonyl (C=O) groups is 1. The van der Waals surface area contributed by atoms with E-state index in [4.69, 9.17) is 10.7 Å². The van der Waals surface area contributed by atoms with Crippen molar-refractivity contribution < 1.29 is 14.3 Å². The largest absolute Gasteiger partial charge is 0.386 e. The van der Waals surface area contributed by atoms with Crippen LogP contribution in [0.3, 0.4) is 0 Å². The Labute approximate surface area is 214 Å². The molecule has 0 saturated heterocycles. The summed E-state index contributed by atoms with van der Waals surface area (Å²) in [6, 6.07) is 19.5. The van der Waals surface area contributed by atoms with Gasteiger partial charge in [0.1, 0.15) is 11.6 Å². The molecule has 2 heterocycles. The third-order valence-corrected chi connectivity index (χ3v) is 6.58.